The van der Waals surface area contributed by atoms with Gasteiger partial charge in [0.25, 0.3) is 0 Å². The summed E-state index contributed by atoms with van der Waals surface area (Å²) in [6.45, 7) is 3.25. The lowest BCUT2D eigenvalue weighted by Gasteiger charge is -2.16. The number of urea groups is 1. The number of fused-ring (bicyclic) bond motifs is 1. The van der Waals surface area contributed by atoms with Gasteiger partial charge in [-0.3, -0.25) is 4.79 Å². The molecule has 3 rings (SSSR count). The number of halogens is 1. The molecule has 1 unspecified atom stereocenters. The summed E-state index contributed by atoms with van der Waals surface area (Å²) >= 11 is 3.46. The number of amides is 2. The lowest BCUT2D eigenvalue weighted by atomic mass is 10.1. The Morgan fingerprint density at radius 1 is 1.46 bits per heavy atom. The van der Waals surface area contributed by atoms with Gasteiger partial charge in [0.1, 0.15) is 5.65 Å². The van der Waals surface area contributed by atoms with E-state index >= 15 is 0 Å². The minimum absolute atomic E-state index is 0.207. The molecule has 0 spiro atoms. The fourth-order valence-electron chi connectivity index (χ4n) is 2.95. The Morgan fingerprint density at radius 2 is 2.25 bits per heavy atom. The van der Waals surface area contributed by atoms with Crippen molar-refractivity contribution in [2.45, 2.75) is 19.8 Å². The van der Waals surface area contributed by atoms with Crippen LogP contribution in [0.2, 0.25) is 0 Å². The van der Waals surface area contributed by atoms with E-state index in [-0.39, 0.29) is 12.6 Å². The number of carbonyl (C=O) groups excluding carboxylic acids is 1. The molecule has 0 aromatic carbocycles. The third kappa shape index (κ3) is 3.53. The second-order valence-corrected chi connectivity index (χ2v) is 6.97. The van der Waals surface area contributed by atoms with Crippen molar-refractivity contribution in [3.05, 3.63) is 34.2 Å². The van der Waals surface area contributed by atoms with E-state index in [9.17, 15) is 9.59 Å². The molecule has 3 heterocycles. The van der Waals surface area contributed by atoms with Crippen molar-refractivity contribution < 1.29 is 14.7 Å². The van der Waals surface area contributed by atoms with Crippen molar-refractivity contribution in [3.63, 3.8) is 0 Å². The number of rotatable bonds is 4. The zero-order valence-electron chi connectivity index (χ0n) is 13.3. The van der Waals surface area contributed by atoms with Gasteiger partial charge >= 0.3 is 12.0 Å². The molecule has 0 bridgehead atoms. The highest BCUT2D eigenvalue weighted by molar-refractivity contribution is 9.10. The highest BCUT2D eigenvalue weighted by atomic mass is 79.9. The Bertz CT molecular complexity index is 789. The summed E-state index contributed by atoms with van der Waals surface area (Å²) in [5, 5.41) is 11.8. The van der Waals surface area contributed by atoms with Gasteiger partial charge in [0.2, 0.25) is 0 Å². The van der Waals surface area contributed by atoms with E-state index in [4.69, 9.17) is 5.11 Å². The van der Waals surface area contributed by atoms with Gasteiger partial charge in [-0.25, -0.2) is 9.78 Å². The van der Waals surface area contributed by atoms with Crippen molar-refractivity contribution in [1.29, 1.82) is 0 Å². The molecule has 1 atom stereocenters. The van der Waals surface area contributed by atoms with E-state index in [0.29, 0.717) is 25.9 Å². The predicted molar refractivity (Wildman–Crippen MR) is 92.0 cm³/mol. The zero-order valence-corrected chi connectivity index (χ0v) is 14.9. The second-order valence-electron chi connectivity index (χ2n) is 6.06. The SMILES string of the molecule is Cc1cc(Br)cn2cc(CCNC(=O)N3CCC(C(=O)O)C3)nc12. The number of aryl methyl sites for hydroxylation is 1. The third-order valence-corrected chi connectivity index (χ3v) is 4.67. The van der Waals surface area contributed by atoms with Gasteiger partial charge in [-0.2, -0.15) is 0 Å². The highest BCUT2D eigenvalue weighted by Gasteiger charge is 2.30. The largest absolute Gasteiger partial charge is 0.481 e. The minimum atomic E-state index is -0.837. The van der Waals surface area contributed by atoms with Crippen molar-refractivity contribution in [3.8, 4) is 0 Å². The van der Waals surface area contributed by atoms with Gasteiger partial charge < -0.3 is 19.7 Å². The van der Waals surface area contributed by atoms with Gasteiger partial charge in [-0.05, 0) is 40.9 Å². The fraction of sp³-hybridized carbons (Fsp3) is 0.438. The number of nitrogens with one attached hydrogen (secondary N) is 1. The molecule has 2 amide bonds. The third-order valence-electron chi connectivity index (χ3n) is 4.23. The number of aromatic nitrogens is 2. The molecule has 0 saturated carbocycles. The van der Waals surface area contributed by atoms with E-state index in [1.807, 2.05) is 29.8 Å². The van der Waals surface area contributed by atoms with Crippen LogP contribution < -0.4 is 5.32 Å². The van der Waals surface area contributed by atoms with Crippen LogP contribution in [0.15, 0.2) is 22.9 Å². The molecular weight excluding hydrogens is 376 g/mol. The number of pyridine rings is 1. The first kappa shape index (κ1) is 16.8. The lowest BCUT2D eigenvalue weighted by Crippen LogP contribution is -2.39. The van der Waals surface area contributed by atoms with Crippen LogP contribution >= 0.6 is 15.9 Å². The van der Waals surface area contributed by atoms with Crippen LogP contribution in [0, 0.1) is 12.8 Å². The van der Waals surface area contributed by atoms with Crippen molar-refractivity contribution >= 4 is 33.6 Å². The van der Waals surface area contributed by atoms with E-state index in [0.717, 1.165) is 21.4 Å². The molecule has 1 aliphatic rings. The summed E-state index contributed by atoms with van der Waals surface area (Å²) in [6, 6.07) is 1.81. The second kappa shape index (κ2) is 6.80. The van der Waals surface area contributed by atoms with Crippen molar-refractivity contribution in [2.24, 2.45) is 5.92 Å². The van der Waals surface area contributed by atoms with Crippen LogP contribution in [0.3, 0.4) is 0 Å². The zero-order chi connectivity index (χ0) is 17.3. The molecule has 1 aliphatic heterocycles. The number of carbonyl (C=O) groups is 2. The number of aliphatic carboxylic acids is 1. The van der Waals surface area contributed by atoms with E-state index < -0.39 is 11.9 Å². The number of likely N-dealkylation sites (tertiary alicyclic amines) is 1. The van der Waals surface area contributed by atoms with Gasteiger partial charge in [0.15, 0.2) is 0 Å². The Labute approximate surface area is 147 Å². The highest BCUT2D eigenvalue weighted by Crippen LogP contribution is 2.18. The Balaban J connectivity index is 1.54. The molecule has 24 heavy (non-hydrogen) atoms. The van der Waals surface area contributed by atoms with Crippen LogP contribution in [0.25, 0.3) is 5.65 Å². The van der Waals surface area contributed by atoms with Gasteiger partial charge in [-0.1, -0.05) is 0 Å². The first-order chi connectivity index (χ1) is 11.4. The number of nitrogens with zero attached hydrogens (tertiary/aromatic N) is 3. The predicted octanol–water partition coefficient (Wildman–Crippen LogP) is 2.06. The Kier molecular flexibility index (Phi) is 4.75. The molecule has 7 nitrogen and oxygen atoms in total. The molecule has 128 valence electrons. The molecule has 1 fully saturated rings. The molecule has 1 saturated heterocycles. The summed E-state index contributed by atoms with van der Waals surface area (Å²) in [6.07, 6.45) is 5.05. The van der Waals surface area contributed by atoms with Crippen LogP contribution in [-0.2, 0) is 11.2 Å². The standard InChI is InChI=1S/C16H19BrN4O3/c1-10-6-12(17)8-21-9-13(19-14(10)21)2-4-18-16(24)20-5-3-11(7-20)15(22)23/h6,8-9,11H,2-5,7H2,1H3,(H,18,24)(H,22,23). The van der Waals surface area contributed by atoms with E-state index in [2.05, 4.69) is 26.2 Å². The van der Waals surface area contributed by atoms with Gasteiger partial charge in [-0.15, -0.1) is 0 Å². The maximum Gasteiger partial charge on any atom is 0.317 e. The van der Waals surface area contributed by atoms with Crippen LogP contribution in [0.4, 0.5) is 4.79 Å². The fourth-order valence-corrected chi connectivity index (χ4v) is 3.52. The molecular formula is C16H19BrN4O3. The Hall–Kier alpha value is -2.09. The van der Waals surface area contributed by atoms with E-state index in [1.54, 1.807) is 4.90 Å². The minimum Gasteiger partial charge on any atom is -0.481 e. The van der Waals surface area contributed by atoms with Gasteiger partial charge in [0.05, 0.1) is 11.6 Å². The molecule has 2 aromatic heterocycles. The number of imidazole rings is 1. The maximum atomic E-state index is 12.1. The number of hydrogen-bond donors (Lipinski definition) is 2. The smallest absolute Gasteiger partial charge is 0.317 e. The number of hydrogen-bond acceptors (Lipinski definition) is 3. The lowest BCUT2D eigenvalue weighted by molar-refractivity contribution is -0.141. The summed E-state index contributed by atoms with van der Waals surface area (Å²) in [5.41, 5.74) is 2.89. The van der Waals surface area contributed by atoms with Crippen LogP contribution in [0.1, 0.15) is 17.7 Å². The average molecular weight is 395 g/mol. The normalized spacial score (nSPS) is 17.4. The summed E-state index contributed by atoms with van der Waals surface area (Å²) < 4.78 is 2.96. The summed E-state index contributed by atoms with van der Waals surface area (Å²) in [7, 11) is 0. The summed E-state index contributed by atoms with van der Waals surface area (Å²) in [5.74, 6) is -1.29. The molecule has 2 aromatic rings. The molecule has 0 radical (unpaired) electrons. The first-order valence-corrected chi connectivity index (χ1v) is 8.62. The number of carboxylic acid groups (broad SMARTS) is 1. The molecule has 2 N–H and O–H groups in total. The molecule has 8 heteroatoms. The first-order valence-electron chi connectivity index (χ1n) is 7.83. The average Bonchev–Trinajstić information content (AvgIpc) is 3.13. The van der Waals surface area contributed by atoms with Crippen molar-refractivity contribution in [1.82, 2.24) is 19.6 Å². The van der Waals surface area contributed by atoms with Crippen LogP contribution in [-0.4, -0.2) is 51.0 Å². The topological polar surface area (TPSA) is 86.9 Å². The van der Waals surface area contributed by atoms with Crippen molar-refractivity contribution in [2.75, 3.05) is 19.6 Å². The van der Waals surface area contributed by atoms with Crippen LogP contribution in [0.5, 0.6) is 0 Å². The van der Waals surface area contributed by atoms with Gasteiger partial charge in [0, 0.05) is 42.9 Å². The molecule has 0 aliphatic carbocycles. The number of carboxylic acids is 1. The Morgan fingerprint density at radius 3 is 2.96 bits per heavy atom. The summed E-state index contributed by atoms with van der Waals surface area (Å²) in [4.78, 5) is 29.1. The van der Waals surface area contributed by atoms with E-state index in [1.165, 1.54) is 0 Å². The quantitative estimate of drug-likeness (QED) is 0.830. The maximum absolute atomic E-state index is 12.1. The monoisotopic (exact) mass is 394 g/mol.